The van der Waals surface area contributed by atoms with E-state index in [9.17, 15) is 14.7 Å². The molecule has 3 N–H and O–H groups in total. The number of rotatable bonds is 8. The number of carbonyl (C=O) groups excluding carboxylic acids is 2. The Hall–Kier alpha value is -3.13. The number of nitrogens with one attached hydrogen (secondary N) is 2. The summed E-state index contributed by atoms with van der Waals surface area (Å²) in [5.74, 6) is 0.744. The van der Waals surface area contributed by atoms with E-state index < -0.39 is 0 Å². The summed E-state index contributed by atoms with van der Waals surface area (Å²) in [6.07, 6.45) is 1.79. The molecule has 1 fully saturated rings. The third-order valence-corrected chi connectivity index (χ3v) is 5.81. The number of aromatic nitrogens is 1. The number of nitrogens with zero attached hydrogens (tertiary/aromatic N) is 3. The van der Waals surface area contributed by atoms with Crippen molar-refractivity contribution >= 4 is 23.3 Å². The molecule has 1 aromatic heterocycles. The average molecular weight is 454 g/mol. The van der Waals surface area contributed by atoms with Gasteiger partial charge in [0.05, 0.1) is 18.3 Å². The number of aliphatic hydroxyl groups excluding tert-OH is 1. The SMILES string of the molecule is CC(C)Nc1cccnc1N1CCN(C(=O)c2ccc(C(=O)NC(CO)C(C)C)cc2)CC1. The molecule has 0 bridgehead atoms. The summed E-state index contributed by atoms with van der Waals surface area (Å²) in [7, 11) is 0. The van der Waals surface area contributed by atoms with Crippen LogP contribution in [-0.2, 0) is 0 Å². The summed E-state index contributed by atoms with van der Waals surface area (Å²) in [5, 5.41) is 15.7. The monoisotopic (exact) mass is 453 g/mol. The Balaban J connectivity index is 1.59. The van der Waals surface area contributed by atoms with Crippen LogP contribution in [0.1, 0.15) is 48.4 Å². The first-order valence-electron chi connectivity index (χ1n) is 11.6. The van der Waals surface area contributed by atoms with Crippen molar-refractivity contribution in [1.82, 2.24) is 15.2 Å². The van der Waals surface area contributed by atoms with E-state index in [0.29, 0.717) is 43.3 Å². The maximum Gasteiger partial charge on any atom is 0.253 e. The minimum Gasteiger partial charge on any atom is -0.394 e. The number of hydrogen-bond donors (Lipinski definition) is 3. The van der Waals surface area contributed by atoms with Crippen molar-refractivity contribution in [3.8, 4) is 0 Å². The zero-order valence-electron chi connectivity index (χ0n) is 19.9. The Morgan fingerprint density at radius 2 is 1.64 bits per heavy atom. The van der Waals surface area contributed by atoms with Gasteiger partial charge in [0.1, 0.15) is 0 Å². The third-order valence-electron chi connectivity index (χ3n) is 5.81. The van der Waals surface area contributed by atoms with Gasteiger partial charge in [0, 0.05) is 49.5 Å². The number of piperazine rings is 1. The molecule has 1 saturated heterocycles. The fraction of sp³-hybridized carbons (Fsp3) is 0.480. The largest absolute Gasteiger partial charge is 0.394 e. The molecule has 0 radical (unpaired) electrons. The molecular weight excluding hydrogens is 418 g/mol. The lowest BCUT2D eigenvalue weighted by atomic mass is 10.0. The van der Waals surface area contributed by atoms with Gasteiger partial charge in [0.15, 0.2) is 5.82 Å². The van der Waals surface area contributed by atoms with Crippen LogP contribution in [-0.4, -0.2) is 71.7 Å². The van der Waals surface area contributed by atoms with Gasteiger partial charge in [0.25, 0.3) is 11.8 Å². The number of pyridine rings is 1. The van der Waals surface area contributed by atoms with E-state index in [2.05, 4.69) is 34.4 Å². The van der Waals surface area contributed by atoms with E-state index in [1.807, 2.05) is 30.9 Å². The van der Waals surface area contributed by atoms with Gasteiger partial charge < -0.3 is 25.5 Å². The van der Waals surface area contributed by atoms with Gasteiger partial charge >= 0.3 is 0 Å². The van der Waals surface area contributed by atoms with Crippen LogP contribution >= 0.6 is 0 Å². The molecule has 2 aromatic rings. The molecule has 8 nitrogen and oxygen atoms in total. The topological polar surface area (TPSA) is 97.8 Å². The Kier molecular flexibility index (Phi) is 8.27. The normalized spacial score (nSPS) is 15.0. The van der Waals surface area contributed by atoms with Crippen LogP contribution in [0, 0.1) is 5.92 Å². The molecule has 1 aromatic carbocycles. The van der Waals surface area contributed by atoms with E-state index in [0.717, 1.165) is 11.5 Å². The highest BCUT2D eigenvalue weighted by atomic mass is 16.3. The number of aliphatic hydroxyl groups is 1. The van der Waals surface area contributed by atoms with Gasteiger partial charge in [-0.3, -0.25) is 9.59 Å². The Labute approximate surface area is 196 Å². The third kappa shape index (κ3) is 6.22. The second-order valence-corrected chi connectivity index (χ2v) is 9.04. The Bertz CT molecular complexity index is 937. The van der Waals surface area contributed by atoms with E-state index in [4.69, 9.17) is 0 Å². The number of benzene rings is 1. The number of amides is 2. The molecule has 1 aliphatic rings. The van der Waals surface area contributed by atoms with Crippen LogP contribution in [0.4, 0.5) is 11.5 Å². The zero-order chi connectivity index (χ0) is 24.0. The fourth-order valence-corrected chi connectivity index (χ4v) is 3.82. The van der Waals surface area contributed by atoms with Crippen molar-refractivity contribution in [2.45, 2.75) is 39.8 Å². The smallest absolute Gasteiger partial charge is 0.253 e. The Morgan fingerprint density at radius 3 is 2.21 bits per heavy atom. The molecule has 3 rings (SSSR count). The molecule has 1 atom stereocenters. The predicted octanol–water partition coefficient (Wildman–Crippen LogP) is 2.61. The quantitative estimate of drug-likeness (QED) is 0.569. The van der Waals surface area contributed by atoms with Crippen molar-refractivity contribution in [1.29, 1.82) is 0 Å². The van der Waals surface area contributed by atoms with E-state index in [1.165, 1.54) is 0 Å². The van der Waals surface area contributed by atoms with Crippen LogP contribution in [0.5, 0.6) is 0 Å². The van der Waals surface area contributed by atoms with Crippen molar-refractivity contribution in [2.24, 2.45) is 5.92 Å². The maximum absolute atomic E-state index is 13.0. The van der Waals surface area contributed by atoms with Crippen LogP contribution in [0.15, 0.2) is 42.6 Å². The second-order valence-electron chi connectivity index (χ2n) is 9.04. The summed E-state index contributed by atoms with van der Waals surface area (Å²) in [6.45, 7) is 10.6. The number of hydrogen-bond acceptors (Lipinski definition) is 6. The lowest BCUT2D eigenvalue weighted by Gasteiger charge is -2.36. The highest BCUT2D eigenvalue weighted by Gasteiger charge is 2.24. The molecule has 0 saturated carbocycles. The average Bonchev–Trinajstić information content (AvgIpc) is 2.82. The number of anilines is 2. The first kappa shape index (κ1) is 24.5. The van der Waals surface area contributed by atoms with Gasteiger partial charge in [-0.05, 0) is 56.2 Å². The molecular formula is C25H35N5O3. The minimum atomic E-state index is -0.300. The first-order valence-corrected chi connectivity index (χ1v) is 11.6. The molecule has 178 valence electrons. The summed E-state index contributed by atoms with van der Waals surface area (Å²) in [6, 6.07) is 10.7. The highest BCUT2D eigenvalue weighted by molar-refractivity contribution is 5.98. The minimum absolute atomic E-state index is 0.0430. The zero-order valence-corrected chi connectivity index (χ0v) is 19.9. The maximum atomic E-state index is 13.0. The molecule has 1 aliphatic heterocycles. The van der Waals surface area contributed by atoms with Crippen LogP contribution < -0.4 is 15.5 Å². The summed E-state index contributed by atoms with van der Waals surface area (Å²) in [5.41, 5.74) is 2.03. The molecule has 0 spiro atoms. The first-order chi connectivity index (χ1) is 15.8. The molecule has 2 heterocycles. The summed E-state index contributed by atoms with van der Waals surface area (Å²) in [4.78, 5) is 34.0. The van der Waals surface area contributed by atoms with Gasteiger partial charge in [-0.1, -0.05) is 13.8 Å². The predicted molar refractivity (Wildman–Crippen MR) is 131 cm³/mol. The van der Waals surface area contributed by atoms with Gasteiger partial charge in [-0.25, -0.2) is 4.98 Å². The fourth-order valence-electron chi connectivity index (χ4n) is 3.82. The molecule has 33 heavy (non-hydrogen) atoms. The lowest BCUT2D eigenvalue weighted by Crippen LogP contribution is -2.49. The highest BCUT2D eigenvalue weighted by Crippen LogP contribution is 2.25. The second kappa shape index (κ2) is 11.1. The van der Waals surface area contributed by atoms with Crippen LogP contribution in [0.25, 0.3) is 0 Å². The van der Waals surface area contributed by atoms with E-state index in [1.54, 1.807) is 30.5 Å². The summed E-state index contributed by atoms with van der Waals surface area (Å²) < 4.78 is 0. The Morgan fingerprint density at radius 1 is 1.00 bits per heavy atom. The van der Waals surface area contributed by atoms with E-state index >= 15 is 0 Å². The van der Waals surface area contributed by atoms with Crippen LogP contribution in [0.2, 0.25) is 0 Å². The molecule has 2 amide bonds. The lowest BCUT2D eigenvalue weighted by molar-refractivity contribution is 0.0745. The van der Waals surface area contributed by atoms with Crippen molar-refractivity contribution in [2.75, 3.05) is 43.0 Å². The molecule has 0 aliphatic carbocycles. The van der Waals surface area contributed by atoms with Crippen molar-refractivity contribution < 1.29 is 14.7 Å². The number of carbonyl (C=O) groups is 2. The van der Waals surface area contributed by atoms with Crippen molar-refractivity contribution in [3.63, 3.8) is 0 Å². The molecule has 1 unspecified atom stereocenters. The van der Waals surface area contributed by atoms with Gasteiger partial charge in [-0.2, -0.15) is 0 Å². The van der Waals surface area contributed by atoms with Crippen molar-refractivity contribution in [3.05, 3.63) is 53.7 Å². The van der Waals surface area contributed by atoms with E-state index in [-0.39, 0.29) is 30.4 Å². The van der Waals surface area contributed by atoms with Gasteiger partial charge in [0.2, 0.25) is 0 Å². The standard InChI is InChI=1S/C25H35N5O3/c1-17(2)22(16-31)28-24(32)19-7-9-20(10-8-19)25(33)30-14-12-29(13-15-30)23-21(27-18(3)4)6-5-11-26-23/h5-11,17-18,22,27,31H,12-16H2,1-4H3,(H,28,32). The molecule has 8 heteroatoms. The van der Waals surface area contributed by atoms with Gasteiger partial charge in [-0.15, -0.1) is 0 Å². The van der Waals surface area contributed by atoms with Crippen LogP contribution in [0.3, 0.4) is 0 Å². The summed E-state index contributed by atoms with van der Waals surface area (Å²) >= 11 is 0.